The van der Waals surface area contributed by atoms with Crippen LogP contribution in [0.3, 0.4) is 0 Å². The Morgan fingerprint density at radius 2 is 1.86 bits per heavy atom. The summed E-state index contributed by atoms with van der Waals surface area (Å²) in [6.45, 7) is 0. The zero-order chi connectivity index (χ0) is 16.1. The van der Waals surface area contributed by atoms with Crippen LogP contribution in [-0.2, 0) is 20.4 Å². The highest BCUT2D eigenvalue weighted by Crippen LogP contribution is 2.32. The second-order valence-corrected chi connectivity index (χ2v) is 7.84. The molecule has 1 aromatic carbocycles. The van der Waals surface area contributed by atoms with E-state index >= 15 is 0 Å². The van der Waals surface area contributed by atoms with Crippen LogP contribution in [0, 0.1) is 5.92 Å². The van der Waals surface area contributed by atoms with E-state index in [1.54, 1.807) is 19.2 Å². The Hall–Kier alpha value is -0.910. The van der Waals surface area contributed by atoms with Gasteiger partial charge in [0.2, 0.25) is 5.91 Å². The molecule has 6 heteroatoms. The summed E-state index contributed by atoms with van der Waals surface area (Å²) in [5.74, 6) is 0.369. The van der Waals surface area contributed by atoms with Gasteiger partial charge in [0.1, 0.15) is 0 Å². The minimum absolute atomic E-state index is 0.00442. The molecule has 0 saturated heterocycles. The summed E-state index contributed by atoms with van der Waals surface area (Å²) in [6.07, 6.45) is 4.17. The SMILES string of the molecule is CON(C)C(=O)CC1CCC(S(=O)c2ccc(Cl)cc2)CC1. The first-order chi connectivity index (χ1) is 10.5. The van der Waals surface area contributed by atoms with Gasteiger partial charge >= 0.3 is 0 Å². The van der Waals surface area contributed by atoms with Crippen LogP contribution < -0.4 is 0 Å². The fourth-order valence-electron chi connectivity index (χ4n) is 2.79. The smallest absolute Gasteiger partial charge is 0.246 e. The number of amides is 1. The van der Waals surface area contributed by atoms with Gasteiger partial charge in [-0.15, -0.1) is 0 Å². The highest BCUT2D eigenvalue weighted by atomic mass is 35.5. The van der Waals surface area contributed by atoms with Crippen LogP contribution in [0.15, 0.2) is 29.2 Å². The number of hydrogen-bond donors (Lipinski definition) is 0. The predicted octanol–water partition coefficient (Wildman–Crippen LogP) is 3.42. The first-order valence-electron chi connectivity index (χ1n) is 7.48. The van der Waals surface area contributed by atoms with Crippen molar-refractivity contribution >= 4 is 28.3 Å². The molecule has 1 aliphatic rings. The van der Waals surface area contributed by atoms with E-state index in [4.69, 9.17) is 16.4 Å². The van der Waals surface area contributed by atoms with Crippen LogP contribution in [0.5, 0.6) is 0 Å². The Balaban J connectivity index is 1.85. The molecule has 1 saturated carbocycles. The summed E-state index contributed by atoms with van der Waals surface area (Å²) in [6, 6.07) is 7.22. The Morgan fingerprint density at radius 1 is 1.27 bits per heavy atom. The maximum atomic E-state index is 12.6. The lowest BCUT2D eigenvalue weighted by Gasteiger charge is -2.28. The zero-order valence-corrected chi connectivity index (χ0v) is 14.5. The van der Waals surface area contributed by atoms with Gasteiger partial charge in [-0.1, -0.05) is 11.6 Å². The average Bonchev–Trinajstić information content (AvgIpc) is 2.54. The van der Waals surface area contributed by atoms with E-state index in [-0.39, 0.29) is 11.2 Å². The second kappa shape index (κ2) is 8.09. The maximum absolute atomic E-state index is 12.6. The summed E-state index contributed by atoms with van der Waals surface area (Å²) in [4.78, 5) is 17.6. The van der Waals surface area contributed by atoms with E-state index in [0.29, 0.717) is 17.4 Å². The van der Waals surface area contributed by atoms with Crippen molar-refractivity contribution in [2.45, 2.75) is 42.2 Å². The van der Waals surface area contributed by atoms with Gasteiger partial charge in [0.25, 0.3) is 0 Å². The number of rotatable bonds is 5. The van der Waals surface area contributed by atoms with Crippen LogP contribution in [0.1, 0.15) is 32.1 Å². The number of halogens is 1. The van der Waals surface area contributed by atoms with Crippen molar-refractivity contribution in [3.63, 3.8) is 0 Å². The molecule has 0 aromatic heterocycles. The van der Waals surface area contributed by atoms with E-state index in [1.165, 1.54) is 12.2 Å². The molecule has 0 heterocycles. The monoisotopic (exact) mass is 343 g/mol. The molecular weight excluding hydrogens is 322 g/mol. The minimum atomic E-state index is -0.995. The number of carbonyl (C=O) groups is 1. The minimum Gasteiger partial charge on any atom is -0.275 e. The third-order valence-electron chi connectivity index (χ3n) is 4.23. The van der Waals surface area contributed by atoms with Crippen molar-refractivity contribution in [1.29, 1.82) is 0 Å². The van der Waals surface area contributed by atoms with E-state index in [0.717, 1.165) is 30.6 Å². The van der Waals surface area contributed by atoms with Crippen molar-refractivity contribution in [3.8, 4) is 0 Å². The Kier molecular flexibility index (Phi) is 6.41. The number of carbonyl (C=O) groups excluding carboxylic acids is 1. The van der Waals surface area contributed by atoms with Gasteiger partial charge in [-0.05, 0) is 55.9 Å². The fourth-order valence-corrected chi connectivity index (χ4v) is 4.40. The van der Waals surface area contributed by atoms with Crippen LogP contribution >= 0.6 is 11.6 Å². The Labute approximate surface area is 139 Å². The van der Waals surface area contributed by atoms with Crippen LogP contribution in [0.25, 0.3) is 0 Å². The fraction of sp³-hybridized carbons (Fsp3) is 0.562. The number of hydroxylamine groups is 2. The molecule has 4 nitrogen and oxygen atoms in total. The van der Waals surface area contributed by atoms with Crippen molar-refractivity contribution in [1.82, 2.24) is 5.06 Å². The molecule has 1 aromatic rings. The molecule has 122 valence electrons. The molecule has 0 radical (unpaired) electrons. The lowest BCUT2D eigenvalue weighted by molar-refractivity contribution is -0.169. The summed E-state index contributed by atoms with van der Waals surface area (Å²) < 4.78 is 12.6. The quantitative estimate of drug-likeness (QED) is 0.770. The van der Waals surface area contributed by atoms with Crippen LogP contribution in [-0.4, -0.2) is 34.6 Å². The van der Waals surface area contributed by atoms with Gasteiger partial charge in [0.05, 0.1) is 17.9 Å². The maximum Gasteiger partial charge on any atom is 0.246 e. The summed E-state index contributed by atoms with van der Waals surface area (Å²) in [5.41, 5.74) is 0. The summed E-state index contributed by atoms with van der Waals surface area (Å²) >= 11 is 5.86. The zero-order valence-electron chi connectivity index (χ0n) is 13.0. The molecular formula is C16H22ClNO3S. The first kappa shape index (κ1) is 17.4. The standard InChI is InChI=1S/C16H22ClNO3S/c1-18(21-2)16(19)11-12-3-7-14(8-4-12)22(20)15-9-5-13(17)6-10-15/h5-6,9-10,12,14H,3-4,7-8,11H2,1-2H3. The number of nitrogens with zero attached hydrogens (tertiary/aromatic N) is 1. The highest BCUT2D eigenvalue weighted by molar-refractivity contribution is 7.85. The molecule has 1 fully saturated rings. The molecule has 1 unspecified atom stereocenters. The third-order valence-corrected chi connectivity index (χ3v) is 6.30. The first-order valence-corrected chi connectivity index (χ1v) is 9.07. The molecule has 1 aliphatic carbocycles. The predicted molar refractivity (Wildman–Crippen MR) is 88.0 cm³/mol. The van der Waals surface area contributed by atoms with Gasteiger partial charge in [0.15, 0.2) is 0 Å². The lowest BCUT2D eigenvalue weighted by Crippen LogP contribution is -2.30. The molecule has 2 rings (SSSR count). The number of benzene rings is 1. The Morgan fingerprint density at radius 3 is 2.41 bits per heavy atom. The third kappa shape index (κ3) is 4.54. The van der Waals surface area contributed by atoms with Crippen LogP contribution in [0.4, 0.5) is 0 Å². The lowest BCUT2D eigenvalue weighted by atomic mass is 9.86. The normalized spacial score (nSPS) is 23.0. The van der Waals surface area contributed by atoms with Crippen LogP contribution in [0.2, 0.25) is 5.02 Å². The van der Waals surface area contributed by atoms with E-state index in [1.807, 2.05) is 12.1 Å². The van der Waals surface area contributed by atoms with Crippen molar-refractivity contribution in [2.24, 2.45) is 5.92 Å². The Bertz CT molecular complexity index is 527. The molecule has 22 heavy (non-hydrogen) atoms. The summed E-state index contributed by atoms with van der Waals surface area (Å²) in [5, 5.41) is 2.11. The molecule has 1 amide bonds. The molecule has 0 aliphatic heterocycles. The largest absolute Gasteiger partial charge is 0.275 e. The van der Waals surface area contributed by atoms with Crippen molar-refractivity contribution in [3.05, 3.63) is 29.3 Å². The van der Waals surface area contributed by atoms with Gasteiger partial charge in [-0.2, -0.15) is 0 Å². The van der Waals surface area contributed by atoms with E-state index in [9.17, 15) is 9.00 Å². The summed E-state index contributed by atoms with van der Waals surface area (Å²) in [7, 11) is 2.12. The van der Waals surface area contributed by atoms with E-state index in [2.05, 4.69) is 0 Å². The van der Waals surface area contributed by atoms with Gasteiger partial charge in [-0.25, -0.2) is 5.06 Å². The van der Waals surface area contributed by atoms with Crippen molar-refractivity contribution < 1.29 is 13.8 Å². The highest BCUT2D eigenvalue weighted by Gasteiger charge is 2.28. The van der Waals surface area contributed by atoms with Gasteiger partial charge in [-0.3, -0.25) is 13.8 Å². The van der Waals surface area contributed by atoms with Crippen molar-refractivity contribution in [2.75, 3.05) is 14.2 Å². The van der Waals surface area contributed by atoms with Gasteiger partial charge in [0, 0.05) is 28.6 Å². The molecule has 0 bridgehead atoms. The topological polar surface area (TPSA) is 46.6 Å². The van der Waals surface area contributed by atoms with E-state index < -0.39 is 10.8 Å². The number of hydrogen-bond acceptors (Lipinski definition) is 3. The molecule has 0 spiro atoms. The molecule has 1 atom stereocenters. The second-order valence-electron chi connectivity index (χ2n) is 5.67. The molecule has 0 N–H and O–H groups in total. The average molecular weight is 344 g/mol. The van der Waals surface area contributed by atoms with Gasteiger partial charge < -0.3 is 0 Å².